The maximum atomic E-state index is 13.8. The van der Waals surface area contributed by atoms with Crippen LogP contribution in [0.1, 0.15) is 6.42 Å². The molecule has 1 aliphatic carbocycles. The summed E-state index contributed by atoms with van der Waals surface area (Å²) in [5, 5.41) is 1.45. The Labute approximate surface area is 150 Å². The predicted octanol–water partition coefficient (Wildman–Crippen LogP) is 3.75. The van der Waals surface area contributed by atoms with Gasteiger partial charge in [0.2, 0.25) is 0 Å². The van der Waals surface area contributed by atoms with Gasteiger partial charge < -0.3 is 9.47 Å². The van der Waals surface area contributed by atoms with E-state index >= 15 is 0 Å². The summed E-state index contributed by atoms with van der Waals surface area (Å²) in [6.45, 7) is 1.66. The van der Waals surface area contributed by atoms with E-state index in [1.54, 1.807) is 12.1 Å². The largest absolute Gasteiger partial charge is 0.338 e. The Bertz CT molecular complexity index is 1130. The molecule has 0 unspecified atom stereocenters. The van der Waals surface area contributed by atoms with Crippen LogP contribution >= 0.6 is 0 Å². The van der Waals surface area contributed by atoms with E-state index in [9.17, 15) is 9.18 Å². The number of hydrogen-bond acceptors (Lipinski definition) is 3. The van der Waals surface area contributed by atoms with Crippen molar-refractivity contribution in [3.05, 3.63) is 64.6 Å². The van der Waals surface area contributed by atoms with E-state index < -0.39 is 0 Å². The van der Waals surface area contributed by atoms with Crippen LogP contribution in [-0.2, 0) is 6.54 Å². The normalized spacial score (nSPS) is 11.8. The van der Waals surface area contributed by atoms with Crippen molar-refractivity contribution in [2.24, 2.45) is 0 Å². The maximum Gasteiger partial charge on any atom is 0.188 e. The van der Waals surface area contributed by atoms with Gasteiger partial charge in [-0.05, 0) is 39.2 Å². The van der Waals surface area contributed by atoms with Crippen molar-refractivity contribution in [1.82, 2.24) is 14.5 Å². The lowest BCUT2D eigenvalue weighted by molar-refractivity contribution is 0.388. The third kappa shape index (κ3) is 2.84. The first-order valence-corrected chi connectivity index (χ1v) is 8.71. The highest BCUT2D eigenvalue weighted by Gasteiger charge is 2.17. The molecule has 0 saturated carbocycles. The highest BCUT2D eigenvalue weighted by molar-refractivity contribution is 5.97. The highest BCUT2D eigenvalue weighted by atomic mass is 19.1. The fraction of sp³-hybridized carbons (Fsp3) is 0.238. The first kappa shape index (κ1) is 16.7. The maximum absolute atomic E-state index is 13.8. The van der Waals surface area contributed by atoms with E-state index in [2.05, 4.69) is 9.47 Å². The van der Waals surface area contributed by atoms with Crippen LogP contribution in [0.25, 0.3) is 33.2 Å². The van der Waals surface area contributed by atoms with Crippen molar-refractivity contribution in [1.29, 1.82) is 0 Å². The number of hydrogen-bond donors (Lipinski definition) is 0. The van der Waals surface area contributed by atoms with E-state index in [0.29, 0.717) is 10.9 Å². The Morgan fingerprint density at radius 2 is 1.85 bits per heavy atom. The highest BCUT2D eigenvalue weighted by Crippen LogP contribution is 2.30. The summed E-state index contributed by atoms with van der Waals surface area (Å²) in [5.74, 6) is -0.311. The molecule has 5 heteroatoms. The molecule has 0 N–H and O–H groups in total. The van der Waals surface area contributed by atoms with Crippen molar-refractivity contribution in [3.63, 3.8) is 0 Å². The van der Waals surface area contributed by atoms with Gasteiger partial charge in [0.15, 0.2) is 5.43 Å². The van der Waals surface area contributed by atoms with Crippen molar-refractivity contribution in [3.8, 4) is 11.4 Å². The third-order valence-corrected chi connectivity index (χ3v) is 4.70. The molecule has 0 fully saturated rings. The lowest BCUT2D eigenvalue weighted by Crippen LogP contribution is -2.17. The SMILES string of the molecule is CN(C)CCCn1c2cc(=O)c3ccccc3c-2nc2cc(F)ccc21. The van der Waals surface area contributed by atoms with Gasteiger partial charge in [0, 0.05) is 29.4 Å². The molecule has 2 aromatic carbocycles. The smallest absolute Gasteiger partial charge is 0.188 e. The predicted molar refractivity (Wildman–Crippen MR) is 103 cm³/mol. The molecule has 0 bridgehead atoms. The second kappa shape index (κ2) is 6.50. The zero-order valence-electron chi connectivity index (χ0n) is 14.9. The molecule has 4 nitrogen and oxygen atoms in total. The number of fused-ring (bicyclic) bond motifs is 4. The molecule has 4 rings (SSSR count). The molecule has 1 heterocycles. The molecule has 0 amide bonds. The van der Waals surface area contributed by atoms with Gasteiger partial charge in [-0.15, -0.1) is 0 Å². The first-order chi connectivity index (χ1) is 12.5. The average Bonchev–Trinajstić information content (AvgIpc) is 2.62. The van der Waals surface area contributed by atoms with Gasteiger partial charge in [0.1, 0.15) is 5.82 Å². The number of aryl methyl sites for hydroxylation is 1. The van der Waals surface area contributed by atoms with E-state index in [-0.39, 0.29) is 11.2 Å². The third-order valence-electron chi connectivity index (χ3n) is 4.70. The van der Waals surface area contributed by atoms with E-state index in [4.69, 9.17) is 4.98 Å². The topological polar surface area (TPSA) is 38.1 Å². The van der Waals surface area contributed by atoms with Gasteiger partial charge >= 0.3 is 0 Å². The van der Waals surface area contributed by atoms with Gasteiger partial charge in [0.25, 0.3) is 0 Å². The van der Waals surface area contributed by atoms with Crippen molar-refractivity contribution >= 4 is 21.8 Å². The molecule has 0 spiro atoms. The Morgan fingerprint density at radius 3 is 2.62 bits per heavy atom. The summed E-state index contributed by atoms with van der Waals surface area (Å²) in [6, 6.07) is 13.8. The Morgan fingerprint density at radius 1 is 1.08 bits per heavy atom. The lowest BCUT2D eigenvalue weighted by Gasteiger charge is -2.20. The minimum Gasteiger partial charge on any atom is -0.338 e. The fourth-order valence-electron chi connectivity index (χ4n) is 3.49. The van der Waals surface area contributed by atoms with Gasteiger partial charge in [-0.2, -0.15) is 0 Å². The van der Waals surface area contributed by atoms with Gasteiger partial charge in [-0.1, -0.05) is 24.3 Å². The van der Waals surface area contributed by atoms with Crippen molar-refractivity contribution in [2.45, 2.75) is 13.0 Å². The Hall–Kier alpha value is -2.79. The van der Waals surface area contributed by atoms with Crippen LogP contribution < -0.4 is 5.43 Å². The summed E-state index contributed by atoms with van der Waals surface area (Å²) in [5.41, 5.74) is 2.96. The molecule has 132 valence electrons. The number of halogens is 1. The molecule has 0 atom stereocenters. The quantitative estimate of drug-likeness (QED) is 0.416. The second-order valence-corrected chi connectivity index (χ2v) is 6.84. The number of benzene rings is 3. The molecule has 1 aliphatic heterocycles. The van der Waals surface area contributed by atoms with Gasteiger partial charge in [-0.3, -0.25) is 4.79 Å². The number of aromatic nitrogens is 2. The minimum absolute atomic E-state index is 0.0160. The second-order valence-electron chi connectivity index (χ2n) is 6.84. The molecule has 26 heavy (non-hydrogen) atoms. The van der Waals surface area contributed by atoms with Crippen LogP contribution in [0.15, 0.2) is 53.3 Å². The Kier molecular flexibility index (Phi) is 4.17. The first-order valence-electron chi connectivity index (χ1n) is 8.71. The molecule has 0 radical (unpaired) electrons. The van der Waals surface area contributed by atoms with Crippen LogP contribution in [0.4, 0.5) is 4.39 Å². The van der Waals surface area contributed by atoms with E-state index in [0.717, 1.165) is 41.8 Å². The van der Waals surface area contributed by atoms with Crippen LogP contribution in [-0.4, -0.2) is 35.1 Å². The zero-order chi connectivity index (χ0) is 18.3. The van der Waals surface area contributed by atoms with Crippen LogP contribution in [0.3, 0.4) is 0 Å². The monoisotopic (exact) mass is 349 g/mol. The van der Waals surface area contributed by atoms with Crippen molar-refractivity contribution in [2.75, 3.05) is 20.6 Å². The molecular weight excluding hydrogens is 329 g/mol. The average molecular weight is 349 g/mol. The molecule has 0 aromatic heterocycles. The van der Waals surface area contributed by atoms with E-state index in [1.165, 1.54) is 12.1 Å². The summed E-state index contributed by atoms with van der Waals surface area (Å²) in [6.07, 6.45) is 0.921. The fourth-order valence-corrected chi connectivity index (χ4v) is 3.49. The van der Waals surface area contributed by atoms with E-state index in [1.807, 2.05) is 38.4 Å². The van der Waals surface area contributed by atoms with Gasteiger partial charge in [-0.25, -0.2) is 9.37 Å². The molecule has 2 aliphatic rings. The molecule has 2 aromatic rings. The van der Waals surface area contributed by atoms with Crippen molar-refractivity contribution < 1.29 is 4.39 Å². The van der Waals surface area contributed by atoms with Crippen LogP contribution in [0, 0.1) is 5.82 Å². The Balaban J connectivity index is 2.04. The zero-order valence-corrected chi connectivity index (χ0v) is 14.9. The summed E-state index contributed by atoms with van der Waals surface area (Å²) in [7, 11) is 4.07. The molecular formula is C21H20FN3O. The molecule has 0 saturated heterocycles. The standard InChI is InChI=1S/C21H20FN3O/c1-24(2)10-5-11-25-18-9-8-14(22)12-17(18)23-21-16-7-4-3-6-15(16)20(26)13-19(21)25/h3-4,6-9,12-13H,5,10-11H2,1-2H3. The summed E-state index contributed by atoms with van der Waals surface area (Å²) < 4.78 is 15.9. The van der Waals surface area contributed by atoms with Crippen LogP contribution in [0.5, 0.6) is 0 Å². The minimum atomic E-state index is -0.311. The number of nitrogens with zero attached hydrogens (tertiary/aromatic N) is 3. The lowest BCUT2D eigenvalue weighted by atomic mass is 10.0. The summed E-state index contributed by atoms with van der Waals surface area (Å²) in [4.78, 5) is 19.4. The summed E-state index contributed by atoms with van der Waals surface area (Å²) >= 11 is 0. The van der Waals surface area contributed by atoms with Gasteiger partial charge in [0.05, 0.1) is 22.4 Å². The van der Waals surface area contributed by atoms with Crippen LogP contribution in [0.2, 0.25) is 0 Å². The number of rotatable bonds is 4.